The van der Waals surface area contributed by atoms with Crippen LogP contribution in [0.1, 0.15) is 57.9 Å². The summed E-state index contributed by atoms with van der Waals surface area (Å²) in [4.78, 5) is 14.5. The number of rotatable bonds is 7. The van der Waals surface area contributed by atoms with Crippen LogP contribution in [0.25, 0.3) is 5.57 Å². The van der Waals surface area contributed by atoms with Crippen LogP contribution in [0.2, 0.25) is 0 Å². The van der Waals surface area contributed by atoms with Gasteiger partial charge in [-0.1, -0.05) is 19.1 Å². The van der Waals surface area contributed by atoms with Gasteiger partial charge in [0.25, 0.3) is 0 Å². The third-order valence-corrected chi connectivity index (χ3v) is 9.14. The number of aliphatic hydroxyl groups is 1. The second-order valence-corrected chi connectivity index (χ2v) is 11.8. The van der Waals surface area contributed by atoms with Gasteiger partial charge >= 0.3 is 0 Å². The second kappa shape index (κ2) is 9.76. The van der Waals surface area contributed by atoms with Crippen LogP contribution in [0.4, 0.5) is 0 Å². The molecule has 1 fully saturated rings. The number of carbonyl (C=O) groups is 1. The van der Waals surface area contributed by atoms with Crippen LogP contribution in [0.15, 0.2) is 29.2 Å². The van der Waals surface area contributed by atoms with Gasteiger partial charge in [-0.05, 0) is 68.2 Å². The molecule has 1 aliphatic heterocycles. The fourth-order valence-electron chi connectivity index (χ4n) is 4.67. The summed E-state index contributed by atoms with van der Waals surface area (Å²) in [5.74, 6) is 0.765. The topological polar surface area (TPSA) is 87.2 Å². The van der Waals surface area contributed by atoms with E-state index in [0.29, 0.717) is 24.6 Å². The number of aliphatic hydroxyl groups excluding tert-OH is 1. The van der Waals surface area contributed by atoms with Gasteiger partial charge in [-0.2, -0.15) is 4.31 Å². The Kier molecular flexibility index (Phi) is 7.17. The molecule has 8 heteroatoms. The molecule has 1 aromatic rings. The molecular formula is C25H36N2O5S. The molecule has 182 valence electrons. The molecule has 3 aliphatic rings. The largest absolute Gasteiger partial charge is 0.487 e. The van der Waals surface area contributed by atoms with Crippen molar-refractivity contribution < 1.29 is 23.1 Å². The summed E-state index contributed by atoms with van der Waals surface area (Å²) in [6.07, 6.45) is 7.73. The van der Waals surface area contributed by atoms with E-state index in [0.717, 1.165) is 37.7 Å². The smallest absolute Gasteiger partial charge is 0.247 e. The van der Waals surface area contributed by atoms with Crippen molar-refractivity contribution in [3.8, 4) is 5.75 Å². The van der Waals surface area contributed by atoms with Crippen molar-refractivity contribution in [3.63, 3.8) is 0 Å². The third-order valence-electron chi connectivity index (χ3n) is 7.12. The van der Waals surface area contributed by atoms with Crippen LogP contribution in [0, 0.1) is 11.8 Å². The zero-order valence-electron chi connectivity index (χ0n) is 19.9. The number of likely N-dealkylation sites (N-methyl/N-ethyl adjacent to an activating group) is 1. The standard InChI is InChI=1S/C25H36N2O5S/c1-17-14-27(18(2)16-28)33(30,31)24-11-10-21(20-6-4-5-7-20)13-22(24)32-23(17)15-26(3)25(29)12-19-8-9-19/h6,10-11,13,17-19,23,28H,4-5,7-9,12,14-16H2,1-3H3/t17-,18+,23-/m0/s1. The molecule has 2 aliphatic carbocycles. The molecule has 0 saturated heterocycles. The number of nitrogens with zero attached hydrogens (tertiary/aromatic N) is 2. The molecule has 1 amide bonds. The second-order valence-electron chi connectivity index (χ2n) is 9.94. The summed E-state index contributed by atoms with van der Waals surface area (Å²) in [6.45, 7) is 4.00. The van der Waals surface area contributed by atoms with Gasteiger partial charge in [0, 0.05) is 32.0 Å². The minimum Gasteiger partial charge on any atom is -0.487 e. The number of hydrogen-bond acceptors (Lipinski definition) is 5. The molecule has 3 atom stereocenters. The van der Waals surface area contributed by atoms with Gasteiger partial charge in [0.05, 0.1) is 13.2 Å². The normalized spacial score (nSPS) is 25.9. The van der Waals surface area contributed by atoms with Gasteiger partial charge in [-0.15, -0.1) is 0 Å². The van der Waals surface area contributed by atoms with Gasteiger partial charge in [-0.3, -0.25) is 4.79 Å². The molecule has 33 heavy (non-hydrogen) atoms. The number of amides is 1. The molecule has 1 N–H and O–H groups in total. The van der Waals surface area contributed by atoms with Crippen molar-refractivity contribution in [2.24, 2.45) is 11.8 Å². The molecule has 0 aromatic heterocycles. The van der Waals surface area contributed by atoms with Crippen molar-refractivity contribution in [1.82, 2.24) is 9.21 Å². The van der Waals surface area contributed by atoms with Crippen molar-refractivity contribution >= 4 is 21.5 Å². The number of allylic oxidation sites excluding steroid dienone is 2. The Balaban J connectivity index is 1.69. The minimum absolute atomic E-state index is 0.105. The number of ether oxygens (including phenoxy) is 1. The molecule has 0 unspecified atom stereocenters. The summed E-state index contributed by atoms with van der Waals surface area (Å²) in [5.41, 5.74) is 2.19. The lowest BCUT2D eigenvalue weighted by molar-refractivity contribution is -0.131. The Hall–Kier alpha value is -1.90. The highest BCUT2D eigenvalue weighted by molar-refractivity contribution is 7.89. The van der Waals surface area contributed by atoms with E-state index < -0.39 is 16.1 Å². The Bertz CT molecular complexity index is 1020. The predicted octanol–water partition coefficient (Wildman–Crippen LogP) is 3.28. The molecule has 0 radical (unpaired) electrons. The quantitative estimate of drug-likeness (QED) is 0.653. The van der Waals surface area contributed by atoms with Crippen molar-refractivity contribution in [3.05, 3.63) is 29.8 Å². The highest BCUT2D eigenvalue weighted by Gasteiger charge is 2.38. The predicted molar refractivity (Wildman–Crippen MR) is 127 cm³/mol. The van der Waals surface area contributed by atoms with Crippen LogP contribution >= 0.6 is 0 Å². The van der Waals surface area contributed by atoms with E-state index in [9.17, 15) is 18.3 Å². The molecule has 0 bridgehead atoms. The minimum atomic E-state index is -3.85. The Morgan fingerprint density at radius 3 is 2.73 bits per heavy atom. The number of carbonyl (C=O) groups excluding carboxylic acids is 1. The molecule has 4 rings (SSSR count). The first-order valence-electron chi connectivity index (χ1n) is 12.1. The molecule has 1 saturated carbocycles. The number of sulfonamides is 1. The summed E-state index contributed by atoms with van der Waals surface area (Å²) in [6, 6.07) is 4.76. The van der Waals surface area contributed by atoms with E-state index >= 15 is 0 Å². The first kappa shape index (κ1) is 24.2. The molecular weight excluding hydrogens is 440 g/mol. The zero-order valence-corrected chi connectivity index (χ0v) is 20.7. The van der Waals surface area contributed by atoms with Gasteiger partial charge in [0.15, 0.2) is 0 Å². The van der Waals surface area contributed by atoms with Crippen LogP contribution in [0.3, 0.4) is 0 Å². The van der Waals surface area contributed by atoms with Crippen LogP contribution in [-0.4, -0.2) is 67.5 Å². The lowest BCUT2D eigenvalue weighted by atomic mass is 10.0. The summed E-state index contributed by atoms with van der Waals surface area (Å²) >= 11 is 0. The molecule has 7 nitrogen and oxygen atoms in total. The van der Waals surface area contributed by atoms with Crippen LogP contribution in [0.5, 0.6) is 5.75 Å². The third kappa shape index (κ3) is 5.28. The Morgan fingerprint density at radius 1 is 1.33 bits per heavy atom. The molecule has 0 spiro atoms. The Morgan fingerprint density at radius 2 is 2.09 bits per heavy atom. The van der Waals surface area contributed by atoms with Crippen LogP contribution < -0.4 is 4.74 Å². The maximum Gasteiger partial charge on any atom is 0.247 e. The molecule has 1 aromatic carbocycles. The maximum absolute atomic E-state index is 13.6. The van der Waals surface area contributed by atoms with E-state index in [2.05, 4.69) is 6.08 Å². The summed E-state index contributed by atoms with van der Waals surface area (Å²) in [7, 11) is -2.06. The fraction of sp³-hybridized carbons (Fsp3) is 0.640. The first-order chi connectivity index (χ1) is 15.7. The average Bonchev–Trinajstić information content (AvgIpc) is 3.43. The van der Waals surface area contributed by atoms with Gasteiger partial charge in [-0.25, -0.2) is 8.42 Å². The van der Waals surface area contributed by atoms with Gasteiger partial charge < -0.3 is 14.7 Å². The number of hydrogen-bond donors (Lipinski definition) is 1. The van der Waals surface area contributed by atoms with Crippen molar-refractivity contribution in [1.29, 1.82) is 0 Å². The monoisotopic (exact) mass is 476 g/mol. The Labute approximate surface area is 197 Å². The van der Waals surface area contributed by atoms with Gasteiger partial charge in [0.2, 0.25) is 15.9 Å². The average molecular weight is 477 g/mol. The van der Waals surface area contributed by atoms with Crippen LogP contribution in [-0.2, 0) is 14.8 Å². The number of benzene rings is 1. The highest BCUT2D eigenvalue weighted by atomic mass is 32.2. The van der Waals surface area contributed by atoms with E-state index in [1.165, 1.54) is 9.88 Å². The zero-order chi connectivity index (χ0) is 23.8. The first-order valence-corrected chi connectivity index (χ1v) is 13.5. The van der Waals surface area contributed by atoms with Crippen molar-refractivity contribution in [2.45, 2.75) is 69.4 Å². The highest BCUT2D eigenvalue weighted by Crippen LogP contribution is 2.38. The van der Waals surface area contributed by atoms with E-state index in [1.807, 2.05) is 19.1 Å². The lowest BCUT2D eigenvalue weighted by Crippen LogP contribution is -2.50. The lowest BCUT2D eigenvalue weighted by Gasteiger charge is -2.37. The van der Waals surface area contributed by atoms with E-state index in [1.54, 1.807) is 24.9 Å². The summed E-state index contributed by atoms with van der Waals surface area (Å²) < 4.78 is 34.9. The SMILES string of the molecule is C[C@H](CO)N1C[C@H](C)[C@H](CN(C)C(=O)CC2CC2)Oc2cc(C3=CCCC3)ccc2S1(=O)=O. The van der Waals surface area contributed by atoms with E-state index in [-0.39, 0.29) is 36.0 Å². The molecule has 1 heterocycles. The summed E-state index contributed by atoms with van der Waals surface area (Å²) in [5, 5.41) is 9.78. The van der Waals surface area contributed by atoms with Crippen molar-refractivity contribution in [2.75, 3.05) is 26.7 Å². The maximum atomic E-state index is 13.6. The van der Waals surface area contributed by atoms with E-state index in [4.69, 9.17) is 4.74 Å². The fourth-order valence-corrected chi connectivity index (χ4v) is 6.50. The number of fused-ring (bicyclic) bond motifs is 1. The van der Waals surface area contributed by atoms with Gasteiger partial charge in [0.1, 0.15) is 16.7 Å².